The minimum Gasteiger partial charge on any atom is -0.466 e. The first-order valence-corrected chi connectivity index (χ1v) is 4.49. The van der Waals surface area contributed by atoms with Crippen LogP contribution in [0, 0.1) is 0 Å². The molecule has 1 N–H and O–H groups in total. The van der Waals surface area contributed by atoms with Crippen LogP contribution in [0.5, 0.6) is 0 Å². The lowest BCUT2D eigenvalue weighted by Crippen LogP contribution is -2.14. The lowest BCUT2D eigenvalue weighted by molar-refractivity contribution is -0.142. The van der Waals surface area contributed by atoms with Gasteiger partial charge in [-0.2, -0.15) is 0 Å². The molecular weight excluding hydrogens is 198 g/mol. The smallest absolute Gasteiger partial charge is 0.311 e. The molecule has 1 aromatic heterocycles. The highest BCUT2D eigenvalue weighted by atomic mass is 16.5. The zero-order valence-corrected chi connectivity index (χ0v) is 8.28. The molecule has 0 unspecified atom stereocenters. The largest absolute Gasteiger partial charge is 0.466 e. The fourth-order valence-electron chi connectivity index (χ4n) is 1.09. The SMILES string of the molecule is CCOC(=O)Cc1cc(=O)c(C=O)c[nH]1. The summed E-state index contributed by atoms with van der Waals surface area (Å²) in [6, 6.07) is 1.22. The van der Waals surface area contributed by atoms with Crippen LogP contribution in [-0.4, -0.2) is 23.8 Å². The van der Waals surface area contributed by atoms with Crippen LogP contribution in [0.3, 0.4) is 0 Å². The van der Waals surface area contributed by atoms with Gasteiger partial charge in [-0.1, -0.05) is 0 Å². The van der Waals surface area contributed by atoms with Gasteiger partial charge in [-0.25, -0.2) is 0 Å². The predicted octanol–water partition coefficient (Wildman–Crippen LogP) is 0.293. The Kier molecular flexibility index (Phi) is 3.79. The van der Waals surface area contributed by atoms with Crippen molar-refractivity contribution >= 4 is 12.3 Å². The third kappa shape index (κ3) is 3.05. The number of rotatable bonds is 4. The Hall–Kier alpha value is -1.91. The van der Waals surface area contributed by atoms with Crippen LogP contribution in [-0.2, 0) is 16.0 Å². The number of carbonyl (C=O) groups excluding carboxylic acids is 2. The second-order valence-electron chi connectivity index (χ2n) is 2.88. The van der Waals surface area contributed by atoms with Crippen molar-refractivity contribution in [3.05, 3.63) is 33.7 Å². The van der Waals surface area contributed by atoms with Crippen LogP contribution in [0.2, 0.25) is 0 Å². The maximum Gasteiger partial charge on any atom is 0.311 e. The molecule has 0 aromatic carbocycles. The van der Waals surface area contributed by atoms with E-state index in [0.29, 0.717) is 18.6 Å². The molecule has 1 heterocycles. The molecule has 0 aliphatic rings. The van der Waals surface area contributed by atoms with Crippen LogP contribution in [0.25, 0.3) is 0 Å². The summed E-state index contributed by atoms with van der Waals surface area (Å²) in [6.07, 6.45) is 1.75. The molecule has 0 saturated heterocycles. The van der Waals surface area contributed by atoms with E-state index in [1.807, 2.05) is 0 Å². The molecule has 0 spiro atoms. The molecule has 0 amide bonds. The Balaban J connectivity index is 2.80. The van der Waals surface area contributed by atoms with E-state index in [1.54, 1.807) is 6.92 Å². The number of carbonyl (C=O) groups is 2. The summed E-state index contributed by atoms with van der Waals surface area (Å²) in [7, 11) is 0. The number of aromatic amines is 1. The second kappa shape index (κ2) is 5.09. The molecule has 1 rings (SSSR count). The average molecular weight is 209 g/mol. The number of nitrogens with one attached hydrogen (secondary N) is 1. The lowest BCUT2D eigenvalue weighted by atomic mass is 10.2. The second-order valence-corrected chi connectivity index (χ2v) is 2.88. The fraction of sp³-hybridized carbons (Fsp3) is 0.300. The van der Waals surface area contributed by atoms with E-state index in [9.17, 15) is 14.4 Å². The lowest BCUT2D eigenvalue weighted by Gasteiger charge is -2.01. The standard InChI is InChI=1S/C10H11NO4/c1-2-15-10(14)4-8-3-9(13)7(6-12)5-11-8/h3,5-6H,2,4H2,1H3,(H,11,13). The summed E-state index contributed by atoms with van der Waals surface area (Å²) in [5, 5.41) is 0. The summed E-state index contributed by atoms with van der Waals surface area (Å²) in [6.45, 7) is 2.01. The highest BCUT2D eigenvalue weighted by Crippen LogP contribution is 1.95. The Morgan fingerprint density at radius 3 is 2.87 bits per heavy atom. The Morgan fingerprint density at radius 2 is 2.33 bits per heavy atom. The maximum atomic E-state index is 11.2. The molecule has 0 radical (unpaired) electrons. The van der Waals surface area contributed by atoms with Crippen LogP contribution >= 0.6 is 0 Å². The van der Waals surface area contributed by atoms with Crippen molar-refractivity contribution in [2.24, 2.45) is 0 Å². The summed E-state index contributed by atoms with van der Waals surface area (Å²) in [4.78, 5) is 35.3. The van der Waals surface area contributed by atoms with Gasteiger partial charge in [0.05, 0.1) is 18.6 Å². The van der Waals surface area contributed by atoms with Gasteiger partial charge in [-0.3, -0.25) is 14.4 Å². The molecule has 0 atom stereocenters. The average Bonchev–Trinajstić information content (AvgIpc) is 2.18. The van der Waals surface area contributed by atoms with E-state index >= 15 is 0 Å². The molecule has 0 aliphatic carbocycles. The van der Waals surface area contributed by atoms with Gasteiger partial charge in [0, 0.05) is 18.0 Å². The van der Waals surface area contributed by atoms with Crippen LogP contribution in [0.15, 0.2) is 17.1 Å². The predicted molar refractivity (Wildman–Crippen MR) is 52.8 cm³/mol. The highest BCUT2D eigenvalue weighted by Gasteiger charge is 2.06. The first-order chi connectivity index (χ1) is 7.17. The maximum absolute atomic E-state index is 11.2. The van der Waals surface area contributed by atoms with Gasteiger partial charge in [-0.15, -0.1) is 0 Å². The van der Waals surface area contributed by atoms with Crippen molar-refractivity contribution in [1.29, 1.82) is 0 Å². The van der Waals surface area contributed by atoms with Gasteiger partial charge >= 0.3 is 5.97 Å². The van der Waals surface area contributed by atoms with Crippen LogP contribution < -0.4 is 5.43 Å². The van der Waals surface area contributed by atoms with Gasteiger partial charge in [0.1, 0.15) is 0 Å². The van der Waals surface area contributed by atoms with E-state index < -0.39 is 11.4 Å². The zero-order chi connectivity index (χ0) is 11.3. The molecule has 1 aromatic rings. The van der Waals surface area contributed by atoms with Crippen molar-refractivity contribution in [2.75, 3.05) is 6.61 Å². The van der Waals surface area contributed by atoms with Gasteiger partial charge in [0.15, 0.2) is 11.7 Å². The van der Waals surface area contributed by atoms with Crippen LogP contribution in [0.4, 0.5) is 0 Å². The summed E-state index contributed by atoms with van der Waals surface area (Å²) < 4.78 is 4.71. The van der Waals surface area contributed by atoms with Crippen molar-refractivity contribution in [3.8, 4) is 0 Å². The number of aromatic nitrogens is 1. The zero-order valence-electron chi connectivity index (χ0n) is 8.28. The van der Waals surface area contributed by atoms with E-state index in [2.05, 4.69) is 4.98 Å². The number of aldehydes is 1. The van der Waals surface area contributed by atoms with Crippen LogP contribution in [0.1, 0.15) is 23.0 Å². The molecule has 15 heavy (non-hydrogen) atoms. The minimum atomic E-state index is -0.410. The molecule has 0 bridgehead atoms. The highest BCUT2D eigenvalue weighted by molar-refractivity contribution is 5.75. The van der Waals surface area contributed by atoms with Crippen molar-refractivity contribution < 1.29 is 14.3 Å². The molecule has 0 saturated carbocycles. The number of esters is 1. The van der Waals surface area contributed by atoms with E-state index in [0.717, 1.165) is 0 Å². The van der Waals surface area contributed by atoms with Crippen molar-refractivity contribution in [3.63, 3.8) is 0 Å². The molecule has 0 fully saturated rings. The molecule has 5 nitrogen and oxygen atoms in total. The first kappa shape index (κ1) is 11.2. The number of hydrogen-bond acceptors (Lipinski definition) is 4. The van der Waals surface area contributed by atoms with Gasteiger partial charge in [0.25, 0.3) is 0 Å². The fourth-order valence-corrected chi connectivity index (χ4v) is 1.09. The molecule has 0 aliphatic heterocycles. The van der Waals surface area contributed by atoms with E-state index in [-0.39, 0.29) is 12.0 Å². The first-order valence-electron chi connectivity index (χ1n) is 4.49. The normalized spacial score (nSPS) is 9.67. The van der Waals surface area contributed by atoms with Gasteiger partial charge in [0.2, 0.25) is 0 Å². The van der Waals surface area contributed by atoms with Gasteiger partial charge < -0.3 is 9.72 Å². The molecular formula is C10H11NO4. The monoisotopic (exact) mass is 209 g/mol. The molecule has 5 heteroatoms. The Morgan fingerprint density at radius 1 is 1.60 bits per heavy atom. The summed E-state index contributed by atoms with van der Waals surface area (Å²) in [5.41, 5.74) is 0.0784. The minimum absolute atomic E-state index is 0.00220. The van der Waals surface area contributed by atoms with Crippen molar-refractivity contribution in [2.45, 2.75) is 13.3 Å². The quantitative estimate of drug-likeness (QED) is 0.571. The molecule has 80 valence electrons. The Bertz CT molecular complexity index is 422. The number of hydrogen-bond donors (Lipinski definition) is 1. The number of H-pyrrole nitrogens is 1. The van der Waals surface area contributed by atoms with E-state index in [1.165, 1.54) is 12.3 Å². The number of pyridine rings is 1. The third-order valence-corrected chi connectivity index (χ3v) is 1.77. The topological polar surface area (TPSA) is 76.2 Å². The van der Waals surface area contributed by atoms with Crippen molar-refractivity contribution in [1.82, 2.24) is 4.98 Å². The van der Waals surface area contributed by atoms with Gasteiger partial charge in [-0.05, 0) is 6.92 Å². The number of ether oxygens (including phenoxy) is 1. The summed E-state index contributed by atoms with van der Waals surface area (Å²) in [5.74, 6) is -0.410. The van der Waals surface area contributed by atoms with E-state index in [4.69, 9.17) is 4.74 Å². The summed E-state index contributed by atoms with van der Waals surface area (Å²) >= 11 is 0. The third-order valence-electron chi connectivity index (χ3n) is 1.77. The Labute approximate surface area is 86.1 Å².